The maximum atomic E-state index is 15.2. The quantitative estimate of drug-likeness (QED) is 0.227. The van der Waals surface area contributed by atoms with Gasteiger partial charge in [0.25, 0.3) is 11.8 Å². The van der Waals surface area contributed by atoms with Crippen LogP contribution >= 0.6 is 0 Å². The molecule has 0 aromatic heterocycles. The van der Waals surface area contributed by atoms with E-state index in [4.69, 9.17) is 9.47 Å². The molecular formula is C41H43N3O7. The molecule has 2 N–H and O–H groups in total. The van der Waals surface area contributed by atoms with Crippen molar-refractivity contribution in [3.8, 4) is 17.2 Å². The number of hydrazine groups is 1. The number of ether oxygens (including phenoxy) is 2. The normalized spacial score (nSPS) is 27.3. The van der Waals surface area contributed by atoms with Crippen LogP contribution in [0, 0.1) is 36.5 Å². The second-order valence-electron chi connectivity index (χ2n) is 15.0. The summed E-state index contributed by atoms with van der Waals surface area (Å²) >= 11 is 0. The van der Waals surface area contributed by atoms with E-state index < -0.39 is 46.5 Å². The van der Waals surface area contributed by atoms with E-state index in [1.165, 1.54) is 19.1 Å². The fourth-order valence-electron chi connectivity index (χ4n) is 8.87. The number of aryl methyl sites for hydroxylation is 1. The third kappa shape index (κ3) is 5.22. The average molecular weight is 690 g/mol. The van der Waals surface area contributed by atoms with E-state index in [1.54, 1.807) is 12.1 Å². The topological polar surface area (TPSA) is 125 Å². The van der Waals surface area contributed by atoms with Crippen molar-refractivity contribution in [1.82, 2.24) is 9.91 Å². The zero-order chi connectivity index (χ0) is 36.4. The van der Waals surface area contributed by atoms with Crippen LogP contribution in [0.4, 0.5) is 5.69 Å². The summed E-state index contributed by atoms with van der Waals surface area (Å²) in [5.74, 6) is -4.11. The molecule has 2 aliphatic heterocycles. The molecule has 2 aliphatic carbocycles. The Kier molecular flexibility index (Phi) is 8.31. The SMILES string of the molecule is COc1cc(C=CC2C3=CCC4C(=O)N(C(C)(C)C)C(=O)C4C3CC3C(=O)N(Nc4ccc(C)cc4)C(=O)C23c2ccccc2)cc(OC)c1O. The summed E-state index contributed by atoms with van der Waals surface area (Å²) in [6, 6.07) is 20.2. The number of phenolic OH excluding ortho intramolecular Hbond substituents is 1. The molecule has 1 saturated carbocycles. The average Bonchev–Trinajstić information content (AvgIpc) is 3.50. The van der Waals surface area contributed by atoms with Crippen LogP contribution in [0.3, 0.4) is 0 Å². The monoisotopic (exact) mass is 689 g/mol. The molecule has 10 heteroatoms. The molecule has 0 spiro atoms. The highest BCUT2D eigenvalue weighted by atomic mass is 16.5. The van der Waals surface area contributed by atoms with Crippen LogP contribution in [0.5, 0.6) is 17.2 Å². The number of aromatic hydroxyl groups is 1. The summed E-state index contributed by atoms with van der Waals surface area (Å²) in [7, 11) is 2.90. The van der Waals surface area contributed by atoms with Crippen molar-refractivity contribution in [3.05, 3.63) is 101 Å². The minimum Gasteiger partial charge on any atom is -0.502 e. The van der Waals surface area contributed by atoms with E-state index in [0.29, 0.717) is 23.2 Å². The number of carbonyl (C=O) groups excluding carboxylic acids is 4. The molecule has 2 heterocycles. The van der Waals surface area contributed by atoms with Crippen molar-refractivity contribution < 1.29 is 33.8 Å². The van der Waals surface area contributed by atoms with Gasteiger partial charge in [-0.25, -0.2) is 0 Å². The predicted octanol–water partition coefficient (Wildman–Crippen LogP) is 6.05. The first-order chi connectivity index (χ1) is 24.3. The number of imide groups is 2. The Morgan fingerprint density at radius 3 is 2.14 bits per heavy atom. The molecule has 0 bridgehead atoms. The van der Waals surface area contributed by atoms with Gasteiger partial charge in [0.1, 0.15) is 0 Å². The van der Waals surface area contributed by atoms with Gasteiger partial charge in [0, 0.05) is 11.5 Å². The fourth-order valence-corrected chi connectivity index (χ4v) is 8.87. The number of phenols is 1. The molecule has 3 aromatic carbocycles. The van der Waals surface area contributed by atoms with Crippen molar-refractivity contribution in [2.45, 2.75) is 51.5 Å². The molecule has 3 fully saturated rings. The van der Waals surface area contributed by atoms with Gasteiger partial charge in [0.05, 0.1) is 43.1 Å². The summed E-state index contributed by atoms with van der Waals surface area (Å²) in [6.07, 6.45) is 6.36. The smallest absolute Gasteiger partial charge is 0.260 e. The molecular weight excluding hydrogens is 646 g/mol. The van der Waals surface area contributed by atoms with E-state index in [0.717, 1.165) is 16.1 Å². The Labute approximate surface area is 297 Å². The molecule has 2 saturated heterocycles. The number of fused-ring (bicyclic) bond motifs is 4. The molecule has 7 rings (SSSR count). The summed E-state index contributed by atoms with van der Waals surface area (Å²) < 4.78 is 10.8. The summed E-state index contributed by atoms with van der Waals surface area (Å²) in [5, 5.41) is 11.7. The minimum atomic E-state index is -1.37. The lowest BCUT2D eigenvalue weighted by Gasteiger charge is -2.49. The number of allylic oxidation sites excluding steroid dienone is 3. The van der Waals surface area contributed by atoms with Crippen LogP contribution in [-0.4, -0.2) is 58.4 Å². The van der Waals surface area contributed by atoms with E-state index in [9.17, 15) is 19.5 Å². The van der Waals surface area contributed by atoms with Gasteiger partial charge in [-0.3, -0.25) is 29.5 Å². The minimum absolute atomic E-state index is 0.140. The molecule has 4 amide bonds. The number of carbonyl (C=O) groups is 4. The highest BCUT2D eigenvalue weighted by molar-refractivity contribution is 6.13. The van der Waals surface area contributed by atoms with Gasteiger partial charge in [-0.1, -0.05) is 71.8 Å². The Bertz CT molecular complexity index is 1950. The van der Waals surface area contributed by atoms with Gasteiger partial charge < -0.3 is 14.6 Å². The number of amides is 4. The number of likely N-dealkylation sites (tertiary alicyclic amines) is 1. The number of benzene rings is 3. The van der Waals surface area contributed by atoms with Crippen LogP contribution < -0.4 is 14.9 Å². The van der Waals surface area contributed by atoms with Crippen molar-refractivity contribution in [2.24, 2.45) is 29.6 Å². The zero-order valence-electron chi connectivity index (χ0n) is 29.7. The Hall–Kier alpha value is -5.38. The van der Waals surface area contributed by atoms with Gasteiger partial charge in [-0.05, 0) is 81.8 Å². The third-order valence-corrected chi connectivity index (χ3v) is 11.1. The summed E-state index contributed by atoms with van der Waals surface area (Å²) in [4.78, 5) is 59.4. The number of hydrogen-bond donors (Lipinski definition) is 2. The Morgan fingerprint density at radius 1 is 0.882 bits per heavy atom. The van der Waals surface area contributed by atoms with E-state index in [1.807, 2.05) is 101 Å². The first-order valence-electron chi connectivity index (χ1n) is 17.3. The maximum Gasteiger partial charge on any atom is 0.260 e. The van der Waals surface area contributed by atoms with E-state index in [-0.39, 0.29) is 41.4 Å². The molecule has 3 aromatic rings. The van der Waals surface area contributed by atoms with E-state index >= 15 is 4.79 Å². The van der Waals surface area contributed by atoms with Crippen LogP contribution in [0.25, 0.3) is 6.08 Å². The van der Waals surface area contributed by atoms with Crippen LogP contribution in [0.1, 0.15) is 50.3 Å². The van der Waals surface area contributed by atoms with Gasteiger partial charge >= 0.3 is 0 Å². The number of nitrogens with one attached hydrogen (secondary N) is 1. The fraction of sp³-hybridized carbons (Fsp3) is 0.366. The summed E-state index contributed by atoms with van der Waals surface area (Å²) in [6.45, 7) is 7.53. The zero-order valence-corrected chi connectivity index (χ0v) is 29.7. The third-order valence-electron chi connectivity index (χ3n) is 11.1. The molecule has 10 nitrogen and oxygen atoms in total. The molecule has 264 valence electrons. The van der Waals surface area contributed by atoms with Crippen molar-refractivity contribution in [3.63, 3.8) is 0 Å². The maximum absolute atomic E-state index is 15.2. The largest absolute Gasteiger partial charge is 0.502 e. The lowest BCUT2D eigenvalue weighted by molar-refractivity contribution is -0.146. The lowest BCUT2D eigenvalue weighted by Crippen LogP contribution is -2.54. The van der Waals surface area contributed by atoms with Crippen molar-refractivity contribution >= 4 is 35.4 Å². The molecule has 51 heavy (non-hydrogen) atoms. The standard InChI is InChI=1S/C41H43N3O7/c1-23-12-15-26(16-13-23)42-44-37(47)31-22-29-27(17-18-28-34(29)38(48)43(36(28)46)40(2,3)4)30(41(31,39(44)49)25-10-8-7-9-11-25)19-14-24-20-32(50-5)35(45)33(21-24)51-6/h7-17,19-21,28-31,34,42,45H,18,22H2,1-6H3. The number of methoxy groups -OCH3 is 2. The molecule has 6 unspecified atom stereocenters. The molecule has 6 atom stereocenters. The highest BCUT2D eigenvalue weighted by Gasteiger charge is 2.69. The summed E-state index contributed by atoms with van der Waals surface area (Å²) in [5.41, 5.74) is 4.84. The Morgan fingerprint density at radius 2 is 1.53 bits per heavy atom. The van der Waals surface area contributed by atoms with Crippen LogP contribution in [0.2, 0.25) is 0 Å². The number of nitrogens with zero attached hydrogens (tertiary/aromatic N) is 2. The van der Waals surface area contributed by atoms with Gasteiger partial charge in [-0.15, -0.1) is 0 Å². The van der Waals surface area contributed by atoms with Crippen LogP contribution in [-0.2, 0) is 24.6 Å². The highest BCUT2D eigenvalue weighted by Crippen LogP contribution is 2.61. The number of anilines is 1. The first kappa shape index (κ1) is 34.1. The Balaban J connectivity index is 1.43. The van der Waals surface area contributed by atoms with Gasteiger partial charge in [-0.2, -0.15) is 5.01 Å². The van der Waals surface area contributed by atoms with Gasteiger partial charge in [0.15, 0.2) is 11.5 Å². The second kappa shape index (κ2) is 12.4. The second-order valence-corrected chi connectivity index (χ2v) is 15.0. The number of hydrogen-bond acceptors (Lipinski definition) is 8. The molecule has 4 aliphatic rings. The lowest BCUT2D eigenvalue weighted by atomic mass is 9.50. The van der Waals surface area contributed by atoms with Crippen molar-refractivity contribution in [1.29, 1.82) is 0 Å². The predicted molar refractivity (Wildman–Crippen MR) is 191 cm³/mol. The number of rotatable bonds is 7. The first-order valence-corrected chi connectivity index (χ1v) is 17.3. The van der Waals surface area contributed by atoms with Gasteiger partial charge in [0.2, 0.25) is 17.6 Å². The molecule has 0 radical (unpaired) electrons. The van der Waals surface area contributed by atoms with Crippen LogP contribution in [0.15, 0.2) is 84.5 Å². The van der Waals surface area contributed by atoms with E-state index in [2.05, 4.69) is 5.43 Å². The van der Waals surface area contributed by atoms with Crippen molar-refractivity contribution in [2.75, 3.05) is 19.6 Å².